The van der Waals surface area contributed by atoms with Crippen LogP contribution < -0.4 is 5.46 Å². The fraction of sp³-hybridized carbons (Fsp3) is 0. The monoisotopic (exact) mass is 1240 g/mol. The Bertz CT molecular complexity index is 5050. The molecule has 384 valence electrons. The molecule has 0 spiro atoms. The molecule has 0 atom stereocenters. The third kappa shape index (κ3) is 7.96. The minimum atomic E-state index is -1.44. The molecule has 0 aliphatic heterocycles. The summed E-state index contributed by atoms with van der Waals surface area (Å²) >= 11 is 10.1. The summed E-state index contributed by atoms with van der Waals surface area (Å²) in [5, 5.41) is 49.3. The standard InChI is InChI=1S/C54H30.C16H11BO2.C6H3Br3/c1-4-31-10-13-37-16-22-43(46-25-19-34(7-1)49(31)52(37)46)40-28-41(44-23-17-38-14-11-32-5-2-8-35-20-26-47(44)53(38)50(32)35)30-42(29-40)45-24-18-39-15-12-33-6-3-9-36-21-27-48(45)54(39)51(33)36;18-17(19)14-9-7-12-5-4-10-2-1-3-11-6-8-13(14)16(12)15(10)11;7-4-1-5(8)3-6(9)2-4/h1-30H;1-9,18-19H;1-3H. The topological polar surface area (TPSA) is 40.5 Å². The molecule has 0 saturated carbocycles. The first kappa shape index (κ1) is 49.4. The van der Waals surface area contributed by atoms with Crippen LogP contribution in [-0.2, 0) is 0 Å². The Hall–Kier alpha value is -8.46. The van der Waals surface area contributed by atoms with Crippen molar-refractivity contribution in [3.8, 4) is 33.4 Å². The lowest BCUT2D eigenvalue weighted by Gasteiger charge is -2.19. The Morgan fingerprint density at radius 2 is 0.439 bits per heavy atom. The zero-order valence-corrected chi connectivity index (χ0v) is 48.6. The molecule has 0 aliphatic rings. The molecule has 0 radical (unpaired) electrons. The highest BCUT2D eigenvalue weighted by Crippen LogP contribution is 2.47. The smallest absolute Gasteiger partial charge is 0.423 e. The van der Waals surface area contributed by atoms with Crippen molar-refractivity contribution in [3.63, 3.8) is 0 Å². The number of rotatable bonds is 4. The molecule has 0 fully saturated rings. The molecule has 0 saturated heterocycles. The molecule has 0 unspecified atom stereocenters. The van der Waals surface area contributed by atoms with Gasteiger partial charge in [-0.25, -0.2) is 0 Å². The Morgan fingerprint density at radius 3 is 0.720 bits per heavy atom. The van der Waals surface area contributed by atoms with E-state index in [1.165, 1.54) is 146 Å². The normalized spacial score (nSPS) is 12.0. The molecule has 0 heterocycles. The lowest BCUT2D eigenvalue weighted by molar-refractivity contribution is 0.426. The van der Waals surface area contributed by atoms with E-state index in [4.69, 9.17) is 0 Å². The van der Waals surface area contributed by atoms with Gasteiger partial charge in [0.15, 0.2) is 0 Å². The van der Waals surface area contributed by atoms with Crippen LogP contribution in [0.25, 0.3) is 163 Å². The van der Waals surface area contributed by atoms with Gasteiger partial charge in [-0.05, 0) is 205 Å². The number of benzene rings is 18. The largest absolute Gasteiger partial charge is 0.489 e. The summed E-state index contributed by atoms with van der Waals surface area (Å²) in [5.74, 6) is 0. The van der Waals surface area contributed by atoms with Crippen LogP contribution in [0.15, 0.2) is 268 Å². The minimum absolute atomic E-state index is 0.561. The molecule has 0 amide bonds. The van der Waals surface area contributed by atoms with Crippen molar-refractivity contribution in [2.45, 2.75) is 0 Å². The van der Waals surface area contributed by atoms with E-state index in [0.717, 1.165) is 29.6 Å². The van der Waals surface area contributed by atoms with Gasteiger partial charge in [-0.1, -0.05) is 266 Å². The van der Waals surface area contributed by atoms with Crippen LogP contribution in [0.4, 0.5) is 0 Å². The van der Waals surface area contributed by atoms with E-state index in [1.54, 1.807) is 6.07 Å². The predicted octanol–water partition coefficient (Wildman–Crippen LogP) is 21.6. The van der Waals surface area contributed by atoms with Crippen LogP contribution in [0.1, 0.15) is 0 Å². The Balaban J connectivity index is 0.000000161. The van der Waals surface area contributed by atoms with Crippen molar-refractivity contribution in [2.75, 3.05) is 0 Å². The molecule has 2 nitrogen and oxygen atoms in total. The summed E-state index contributed by atoms with van der Waals surface area (Å²) in [4.78, 5) is 0. The fourth-order valence-corrected chi connectivity index (χ4v) is 16.0. The second-order valence-corrected chi connectivity index (χ2v) is 24.4. The minimum Gasteiger partial charge on any atom is -0.423 e. The van der Waals surface area contributed by atoms with Crippen molar-refractivity contribution in [2.24, 2.45) is 0 Å². The molecule has 0 bridgehead atoms. The van der Waals surface area contributed by atoms with Gasteiger partial charge in [0.1, 0.15) is 0 Å². The zero-order valence-electron chi connectivity index (χ0n) is 43.9. The molecular weight excluding hydrogens is 1200 g/mol. The quantitative estimate of drug-likeness (QED) is 0.136. The van der Waals surface area contributed by atoms with Gasteiger partial charge in [0.25, 0.3) is 0 Å². The first-order valence-electron chi connectivity index (χ1n) is 27.5. The van der Waals surface area contributed by atoms with Crippen LogP contribution in [-0.4, -0.2) is 17.2 Å². The van der Waals surface area contributed by atoms with Gasteiger partial charge in [-0.15, -0.1) is 0 Å². The van der Waals surface area contributed by atoms with Crippen LogP contribution in [0, 0.1) is 0 Å². The Morgan fingerprint density at radius 1 is 0.220 bits per heavy atom. The maximum absolute atomic E-state index is 9.51. The molecule has 18 aromatic rings. The highest BCUT2D eigenvalue weighted by atomic mass is 79.9. The molecule has 0 aliphatic carbocycles. The van der Waals surface area contributed by atoms with Crippen molar-refractivity contribution in [1.29, 1.82) is 0 Å². The molecular formula is C76H44BBr3O2. The first-order chi connectivity index (χ1) is 40.2. The van der Waals surface area contributed by atoms with E-state index in [0.29, 0.717) is 5.46 Å². The highest BCUT2D eigenvalue weighted by molar-refractivity contribution is 9.11. The molecule has 18 rings (SSSR count). The maximum Gasteiger partial charge on any atom is 0.489 e. The van der Waals surface area contributed by atoms with E-state index in [2.05, 4.69) is 254 Å². The summed E-state index contributed by atoms with van der Waals surface area (Å²) in [5.41, 5.74) is 8.05. The number of halogens is 3. The summed E-state index contributed by atoms with van der Waals surface area (Å²) in [6, 6.07) is 93.0. The average Bonchev–Trinajstić information content (AvgIpc) is 3.68. The first-order valence-corrected chi connectivity index (χ1v) is 29.9. The zero-order chi connectivity index (χ0) is 54.9. The van der Waals surface area contributed by atoms with Gasteiger partial charge in [-0.3, -0.25) is 0 Å². The lowest BCUT2D eigenvalue weighted by Crippen LogP contribution is -2.30. The highest BCUT2D eigenvalue weighted by Gasteiger charge is 2.21. The van der Waals surface area contributed by atoms with Crippen LogP contribution in [0.3, 0.4) is 0 Å². The average molecular weight is 1240 g/mol. The second-order valence-electron chi connectivity index (χ2n) is 21.7. The van der Waals surface area contributed by atoms with Gasteiger partial charge in [-0.2, -0.15) is 0 Å². The van der Waals surface area contributed by atoms with Crippen LogP contribution in [0.2, 0.25) is 0 Å². The van der Waals surface area contributed by atoms with Crippen molar-refractivity contribution >= 4 is 190 Å². The fourth-order valence-electron chi connectivity index (χ4n) is 13.6. The third-order valence-corrected chi connectivity index (χ3v) is 18.5. The lowest BCUT2D eigenvalue weighted by atomic mass is 9.75. The van der Waals surface area contributed by atoms with Crippen molar-refractivity contribution in [1.82, 2.24) is 0 Å². The van der Waals surface area contributed by atoms with Gasteiger partial charge < -0.3 is 10.0 Å². The van der Waals surface area contributed by atoms with Crippen molar-refractivity contribution < 1.29 is 10.0 Å². The number of hydrogen-bond donors (Lipinski definition) is 2. The van der Waals surface area contributed by atoms with E-state index in [-0.39, 0.29) is 0 Å². The molecule has 0 aromatic heterocycles. The van der Waals surface area contributed by atoms with E-state index >= 15 is 0 Å². The van der Waals surface area contributed by atoms with E-state index in [9.17, 15) is 10.0 Å². The summed E-state index contributed by atoms with van der Waals surface area (Å²) in [6.07, 6.45) is 0. The predicted molar refractivity (Wildman–Crippen MR) is 363 cm³/mol. The molecule has 18 aromatic carbocycles. The summed E-state index contributed by atoms with van der Waals surface area (Å²) in [6.45, 7) is 0. The SMILES string of the molecule is Brc1cc(Br)cc(Br)c1.OB(O)c1ccc2ccc3cccc4ccc1c2c34.c1cc2ccc3ccc(-c4cc(-c5ccc6ccc7cccc8ccc5c6c78)cc(-c5ccc6ccc7cccc8ccc5c6c78)c4)c4ccc(c1)c2c34. The molecule has 82 heavy (non-hydrogen) atoms. The van der Waals surface area contributed by atoms with Gasteiger partial charge >= 0.3 is 7.12 Å². The van der Waals surface area contributed by atoms with Gasteiger partial charge in [0.2, 0.25) is 0 Å². The van der Waals surface area contributed by atoms with E-state index in [1.807, 2.05) is 42.5 Å². The van der Waals surface area contributed by atoms with Crippen molar-refractivity contribution in [3.05, 3.63) is 268 Å². The van der Waals surface area contributed by atoms with Crippen LogP contribution >= 0.6 is 47.8 Å². The molecule has 6 heteroatoms. The molecule has 2 N–H and O–H groups in total. The summed E-state index contributed by atoms with van der Waals surface area (Å²) < 4.78 is 3.22. The second kappa shape index (κ2) is 19.3. The Kier molecular flexibility index (Phi) is 11.6. The summed E-state index contributed by atoms with van der Waals surface area (Å²) in [7, 11) is -1.44. The third-order valence-electron chi connectivity index (χ3n) is 17.1. The van der Waals surface area contributed by atoms with Crippen LogP contribution in [0.5, 0.6) is 0 Å². The van der Waals surface area contributed by atoms with E-state index < -0.39 is 7.12 Å². The maximum atomic E-state index is 9.51. The van der Waals surface area contributed by atoms with Gasteiger partial charge in [0.05, 0.1) is 0 Å². The van der Waals surface area contributed by atoms with Gasteiger partial charge in [0, 0.05) is 13.4 Å². The Labute approximate surface area is 497 Å². The number of hydrogen-bond acceptors (Lipinski definition) is 2.